The lowest BCUT2D eigenvalue weighted by molar-refractivity contribution is -0.147. The number of halogens is 1. The van der Waals surface area contributed by atoms with Gasteiger partial charge in [0.05, 0.1) is 31.3 Å². The van der Waals surface area contributed by atoms with Crippen molar-refractivity contribution in [2.24, 2.45) is 11.8 Å². The maximum Gasteiger partial charge on any atom is 0.309 e. The number of methoxy groups -OCH3 is 1. The second-order valence-electron chi connectivity index (χ2n) is 7.19. The lowest BCUT2D eigenvalue weighted by Crippen LogP contribution is -2.31. The van der Waals surface area contributed by atoms with Gasteiger partial charge in [-0.05, 0) is 67.3 Å². The highest BCUT2D eigenvalue weighted by molar-refractivity contribution is 5.82. The van der Waals surface area contributed by atoms with E-state index in [1.165, 1.54) is 6.07 Å². The number of fused-ring (bicyclic) bond motifs is 1. The summed E-state index contributed by atoms with van der Waals surface area (Å²) in [4.78, 5) is 16.0. The van der Waals surface area contributed by atoms with E-state index < -0.39 is 11.9 Å². The molecule has 0 aliphatic heterocycles. The summed E-state index contributed by atoms with van der Waals surface area (Å²) in [6, 6.07) is 6.65. The Morgan fingerprint density at radius 2 is 2.04 bits per heavy atom. The smallest absolute Gasteiger partial charge is 0.309 e. The van der Waals surface area contributed by atoms with Gasteiger partial charge in [-0.2, -0.15) is 0 Å². The quantitative estimate of drug-likeness (QED) is 0.706. The summed E-state index contributed by atoms with van der Waals surface area (Å²) in [5.41, 5.74) is 1.91. The molecule has 146 valence electrons. The summed E-state index contributed by atoms with van der Waals surface area (Å²) in [5.74, 6) is -1.14. The number of aliphatic carboxylic acids is 1. The fourth-order valence-corrected chi connectivity index (χ4v) is 4.09. The third kappa shape index (κ3) is 4.82. The van der Waals surface area contributed by atoms with Gasteiger partial charge in [0, 0.05) is 18.7 Å². The summed E-state index contributed by atoms with van der Waals surface area (Å²) in [7, 11) is 1.59. The first-order valence-corrected chi connectivity index (χ1v) is 9.43. The molecule has 1 aromatic heterocycles. The van der Waals surface area contributed by atoms with Gasteiger partial charge in [-0.3, -0.25) is 9.78 Å². The SMILES string of the molecule is COCCOCC(C(=O)O)[C@H]1CC[C@@H](c2ccnc3ccc(F)cc32)CC1. The van der Waals surface area contributed by atoms with Crippen molar-refractivity contribution in [2.45, 2.75) is 31.6 Å². The molecule has 0 amide bonds. The Bertz CT molecular complexity index is 774. The van der Waals surface area contributed by atoms with E-state index in [-0.39, 0.29) is 18.3 Å². The molecule has 0 bridgehead atoms. The van der Waals surface area contributed by atoms with Crippen molar-refractivity contribution in [3.05, 3.63) is 41.8 Å². The number of aromatic nitrogens is 1. The summed E-state index contributed by atoms with van der Waals surface area (Å²) < 4.78 is 24.1. The zero-order valence-corrected chi connectivity index (χ0v) is 15.6. The minimum absolute atomic E-state index is 0.103. The molecule has 0 spiro atoms. The van der Waals surface area contributed by atoms with Crippen molar-refractivity contribution in [3.63, 3.8) is 0 Å². The van der Waals surface area contributed by atoms with Crippen LogP contribution < -0.4 is 0 Å². The zero-order valence-electron chi connectivity index (χ0n) is 15.6. The second kappa shape index (κ2) is 9.24. The first-order valence-electron chi connectivity index (χ1n) is 9.43. The van der Waals surface area contributed by atoms with Crippen molar-refractivity contribution in [3.8, 4) is 0 Å². The second-order valence-corrected chi connectivity index (χ2v) is 7.19. The van der Waals surface area contributed by atoms with Crippen LogP contribution in [0, 0.1) is 17.7 Å². The van der Waals surface area contributed by atoms with Gasteiger partial charge in [0.1, 0.15) is 5.82 Å². The minimum Gasteiger partial charge on any atom is -0.481 e. The molecule has 1 N–H and O–H groups in total. The fourth-order valence-electron chi connectivity index (χ4n) is 4.09. The lowest BCUT2D eigenvalue weighted by Gasteiger charge is -2.32. The Hall–Kier alpha value is -2.05. The van der Waals surface area contributed by atoms with E-state index in [0.717, 1.165) is 42.1 Å². The van der Waals surface area contributed by atoms with Gasteiger partial charge < -0.3 is 14.6 Å². The molecule has 1 aromatic carbocycles. The molecule has 1 heterocycles. The Morgan fingerprint density at radius 1 is 1.26 bits per heavy atom. The number of hydrogen-bond acceptors (Lipinski definition) is 4. The van der Waals surface area contributed by atoms with Gasteiger partial charge in [0.2, 0.25) is 0 Å². The van der Waals surface area contributed by atoms with Crippen LogP contribution in [0.3, 0.4) is 0 Å². The molecule has 1 fully saturated rings. The maximum absolute atomic E-state index is 13.7. The largest absolute Gasteiger partial charge is 0.481 e. The van der Waals surface area contributed by atoms with Crippen LogP contribution in [0.25, 0.3) is 10.9 Å². The molecule has 1 saturated carbocycles. The van der Waals surface area contributed by atoms with Gasteiger partial charge in [0.15, 0.2) is 0 Å². The van der Waals surface area contributed by atoms with E-state index in [0.29, 0.717) is 19.1 Å². The van der Waals surface area contributed by atoms with Crippen LogP contribution in [0.5, 0.6) is 0 Å². The average molecular weight is 375 g/mol. The van der Waals surface area contributed by atoms with Crippen LogP contribution in [0.15, 0.2) is 30.5 Å². The minimum atomic E-state index is -0.799. The highest BCUT2D eigenvalue weighted by Crippen LogP contribution is 2.40. The van der Waals surface area contributed by atoms with Gasteiger partial charge in [-0.1, -0.05) is 0 Å². The highest BCUT2D eigenvalue weighted by Gasteiger charge is 2.33. The number of nitrogens with zero attached hydrogens (tertiary/aromatic N) is 1. The maximum atomic E-state index is 13.7. The van der Waals surface area contributed by atoms with Crippen molar-refractivity contribution in [1.29, 1.82) is 0 Å². The molecule has 0 saturated heterocycles. The van der Waals surface area contributed by atoms with E-state index in [1.807, 2.05) is 6.07 Å². The van der Waals surface area contributed by atoms with Gasteiger partial charge in [-0.15, -0.1) is 0 Å². The van der Waals surface area contributed by atoms with E-state index in [1.54, 1.807) is 25.4 Å². The van der Waals surface area contributed by atoms with E-state index in [9.17, 15) is 14.3 Å². The number of hydrogen-bond donors (Lipinski definition) is 1. The molecule has 5 nitrogen and oxygen atoms in total. The van der Waals surface area contributed by atoms with Crippen molar-refractivity contribution in [2.75, 3.05) is 26.9 Å². The number of pyridine rings is 1. The molecule has 0 radical (unpaired) electrons. The topological polar surface area (TPSA) is 68.7 Å². The summed E-state index contributed by atoms with van der Waals surface area (Å²) >= 11 is 0. The Morgan fingerprint density at radius 3 is 2.74 bits per heavy atom. The molecule has 1 aliphatic rings. The van der Waals surface area contributed by atoms with Crippen molar-refractivity contribution < 1.29 is 23.8 Å². The fraction of sp³-hybridized carbons (Fsp3) is 0.524. The van der Waals surface area contributed by atoms with Crippen LogP contribution in [-0.2, 0) is 14.3 Å². The molecule has 1 unspecified atom stereocenters. The summed E-state index contributed by atoms with van der Waals surface area (Å²) in [5, 5.41) is 10.4. The normalized spacial score (nSPS) is 21.3. The van der Waals surface area contributed by atoms with Crippen LogP contribution in [0.1, 0.15) is 37.2 Å². The van der Waals surface area contributed by atoms with E-state index in [4.69, 9.17) is 9.47 Å². The zero-order chi connectivity index (χ0) is 19.2. The Labute approximate surface area is 158 Å². The van der Waals surface area contributed by atoms with Gasteiger partial charge in [0.25, 0.3) is 0 Å². The van der Waals surface area contributed by atoms with Crippen LogP contribution >= 0.6 is 0 Å². The third-order valence-electron chi connectivity index (χ3n) is 5.56. The molecule has 2 aromatic rings. The first kappa shape index (κ1) is 19.7. The monoisotopic (exact) mass is 375 g/mol. The number of rotatable bonds is 8. The average Bonchev–Trinajstić information content (AvgIpc) is 2.67. The standard InChI is InChI=1S/C21H26FNO4/c1-26-10-11-27-13-19(21(24)25)15-4-2-14(3-5-15)17-8-9-23-20-7-6-16(22)12-18(17)20/h6-9,12,14-15,19H,2-5,10-11,13H2,1H3,(H,24,25)/t14-,15+,19?. The molecular formula is C21H26FNO4. The van der Waals surface area contributed by atoms with Crippen LogP contribution in [0.2, 0.25) is 0 Å². The van der Waals surface area contributed by atoms with Gasteiger partial charge in [-0.25, -0.2) is 4.39 Å². The number of benzene rings is 1. The highest BCUT2D eigenvalue weighted by atomic mass is 19.1. The van der Waals surface area contributed by atoms with Crippen LogP contribution in [0.4, 0.5) is 4.39 Å². The van der Waals surface area contributed by atoms with E-state index in [2.05, 4.69) is 4.98 Å². The van der Waals surface area contributed by atoms with Crippen molar-refractivity contribution >= 4 is 16.9 Å². The van der Waals surface area contributed by atoms with Gasteiger partial charge >= 0.3 is 5.97 Å². The van der Waals surface area contributed by atoms with Crippen molar-refractivity contribution in [1.82, 2.24) is 4.98 Å². The lowest BCUT2D eigenvalue weighted by atomic mass is 9.73. The van der Waals surface area contributed by atoms with Crippen LogP contribution in [-0.4, -0.2) is 43.0 Å². The molecule has 6 heteroatoms. The number of carboxylic acid groups (broad SMARTS) is 1. The third-order valence-corrected chi connectivity index (χ3v) is 5.56. The Balaban J connectivity index is 1.66. The number of carboxylic acids is 1. The molecule has 27 heavy (non-hydrogen) atoms. The first-order chi connectivity index (χ1) is 13.1. The molecule has 1 atom stereocenters. The predicted octanol–water partition coefficient (Wildman–Crippen LogP) is 4.01. The molecular weight excluding hydrogens is 349 g/mol. The molecule has 1 aliphatic carbocycles. The summed E-state index contributed by atoms with van der Waals surface area (Å²) in [6.07, 6.45) is 5.21. The predicted molar refractivity (Wildman–Crippen MR) is 100 cm³/mol. The Kier molecular flexibility index (Phi) is 6.74. The number of ether oxygens (including phenoxy) is 2. The van der Waals surface area contributed by atoms with E-state index >= 15 is 0 Å². The number of carbonyl (C=O) groups is 1. The molecule has 3 rings (SSSR count). The summed E-state index contributed by atoms with van der Waals surface area (Å²) in [6.45, 7) is 1.09.